The molecule has 7 heteroatoms. The number of pyridine rings is 1. The molecule has 28 heavy (non-hydrogen) atoms. The Balaban J connectivity index is 2.21. The third-order valence-electron chi connectivity index (χ3n) is 4.74. The number of ether oxygens (including phenoxy) is 1. The number of hydrogen-bond acceptors (Lipinski definition) is 5. The van der Waals surface area contributed by atoms with E-state index in [0.717, 1.165) is 4.90 Å². The molecule has 146 valence electrons. The third-order valence-corrected chi connectivity index (χ3v) is 5.52. The minimum atomic E-state index is -0.538. The Hall–Kier alpha value is -2.93. The van der Waals surface area contributed by atoms with Crippen LogP contribution in [0.15, 0.2) is 52.2 Å². The minimum absolute atomic E-state index is 0.228. The maximum atomic E-state index is 13.3. The topological polar surface area (TPSA) is 71.8 Å². The van der Waals surface area contributed by atoms with Crippen LogP contribution in [0.25, 0.3) is 10.9 Å². The number of fused-ring (bicyclic) bond motifs is 1. The van der Waals surface area contributed by atoms with Crippen molar-refractivity contribution in [1.29, 1.82) is 0 Å². The Morgan fingerprint density at radius 3 is 2.46 bits per heavy atom. The van der Waals surface area contributed by atoms with Gasteiger partial charge in [-0.05, 0) is 49.6 Å². The van der Waals surface area contributed by atoms with Gasteiger partial charge >= 0.3 is 0 Å². The van der Waals surface area contributed by atoms with Crippen LogP contribution in [0.2, 0.25) is 0 Å². The molecule has 1 N–H and O–H groups in total. The van der Waals surface area contributed by atoms with Crippen LogP contribution in [-0.4, -0.2) is 35.5 Å². The smallest absolute Gasteiger partial charge is 0.267 e. The van der Waals surface area contributed by atoms with Gasteiger partial charge in [0.25, 0.3) is 11.5 Å². The molecule has 1 aromatic heterocycles. The van der Waals surface area contributed by atoms with Crippen LogP contribution in [0.1, 0.15) is 17.3 Å². The summed E-state index contributed by atoms with van der Waals surface area (Å²) in [6.07, 6.45) is 1.89. The number of carbonyl (C=O) groups is 1. The second-order valence-corrected chi connectivity index (χ2v) is 7.04. The summed E-state index contributed by atoms with van der Waals surface area (Å²) in [5.41, 5.74) is 0.445. The zero-order valence-corrected chi connectivity index (χ0v) is 17.0. The standard InChI is InChI=1S/C21H22N2O4S/c1-5-23(13-9-11-14(27-3)12-10-13)21(26)18-19(24)17-15(22(2)20(18)25)7-6-8-16(17)28-4/h6-12,24H,5H2,1-4H3. The Bertz CT molecular complexity index is 1090. The maximum absolute atomic E-state index is 13.3. The van der Waals surface area contributed by atoms with E-state index in [-0.39, 0.29) is 11.3 Å². The molecule has 0 radical (unpaired) electrons. The number of aryl methyl sites for hydroxylation is 1. The summed E-state index contributed by atoms with van der Waals surface area (Å²) in [5, 5.41) is 11.4. The summed E-state index contributed by atoms with van der Waals surface area (Å²) < 4.78 is 6.56. The quantitative estimate of drug-likeness (QED) is 0.665. The highest BCUT2D eigenvalue weighted by atomic mass is 32.2. The zero-order chi connectivity index (χ0) is 20.4. The molecule has 0 bridgehead atoms. The highest BCUT2D eigenvalue weighted by molar-refractivity contribution is 7.98. The molecule has 0 aliphatic rings. The summed E-state index contributed by atoms with van der Waals surface area (Å²) in [6.45, 7) is 2.16. The van der Waals surface area contributed by atoms with Crippen LogP contribution in [-0.2, 0) is 7.05 Å². The summed E-state index contributed by atoms with van der Waals surface area (Å²) in [4.78, 5) is 28.5. The van der Waals surface area contributed by atoms with E-state index in [9.17, 15) is 14.7 Å². The lowest BCUT2D eigenvalue weighted by atomic mass is 10.1. The van der Waals surface area contributed by atoms with E-state index in [1.807, 2.05) is 25.3 Å². The molecule has 1 amide bonds. The first kappa shape index (κ1) is 19.8. The van der Waals surface area contributed by atoms with Crippen LogP contribution < -0.4 is 15.2 Å². The molecule has 2 aromatic carbocycles. The number of carbonyl (C=O) groups excluding carboxylic acids is 1. The third kappa shape index (κ3) is 3.22. The van der Waals surface area contributed by atoms with Crippen molar-refractivity contribution in [1.82, 2.24) is 4.57 Å². The minimum Gasteiger partial charge on any atom is -0.506 e. The Morgan fingerprint density at radius 2 is 1.89 bits per heavy atom. The largest absolute Gasteiger partial charge is 0.506 e. The Morgan fingerprint density at radius 1 is 1.21 bits per heavy atom. The number of aromatic hydroxyl groups is 1. The summed E-state index contributed by atoms with van der Waals surface area (Å²) in [7, 11) is 3.17. The average Bonchev–Trinajstić information content (AvgIpc) is 2.72. The number of anilines is 1. The Kier molecular flexibility index (Phi) is 5.65. The van der Waals surface area contributed by atoms with E-state index in [1.165, 1.54) is 21.2 Å². The fourth-order valence-corrected chi connectivity index (χ4v) is 3.86. The normalized spacial score (nSPS) is 10.9. The number of amides is 1. The molecule has 0 unspecified atom stereocenters. The van der Waals surface area contributed by atoms with Gasteiger partial charge in [0.2, 0.25) is 0 Å². The molecule has 0 fully saturated rings. The zero-order valence-electron chi connectivity index (χ0n) is 16.2. The van der Waals surface area contributed by atoms with Crippen molar-refractivity contribution in [3.63, 3.8) is 0 Å². The molecule has 0 saturated heterocycles. The van der Waals surface area contributed by atoms with E-state index in [1.54, 1.807) is 44.5 Å². The summed E-state index contributed by atoms with van der Waals surface area (Å²) >= 11 is 1.45. The predicted octanol–water partition coefficient (Wildman–Crippen LogP) is 3.64. The highest BCUT2D eigenvalue weighted by Crippen LogP contribution is 2.35. The number of aromatic nitrogens is 1. The van der Waals surface area contributed by atoms with Crippen LogP contribution in [0.5, 0.6) is 11.5 Å². The first-order chi connectivity index (χ1) is 13.4. The van der Waals surface area contributed by atoms with Gasteiger partial charge < -0.3 is 19.3 Å². The summed E-state index contributed by atoms with van der Waals surface area (Å²) in [5.74, 6) is -0.148. The molecule has 0 aliphatic heterocycles. The number of nitrogens with zero attached hydrogens (tertiary/aromatic N) is 2. The van der Waals surface area contributed by atoms with Gasteiger partial charge in [-0.1, -0.05) is 6.07 Å². The second kappa shape index (κ2) is 7.98. The van der Waals surface area contributed by atoms with Crippen molar-refractivity contribution in [2.24, 2.45) is 7.05 Å². The van der Waals surface area contributed by atoms with Crippen molar-refractivity contribution < 1.29 is 14.6 Å². The number of rotatable bonds is 5. The Labute approximate surface area is 167 Å². The van der Waals surface area contributed by atoms with Crippen molar-refractivity contribution >= 4 is 34.3 Å². The molecule has 6 nitrogen and oxygen atoms in total. The van der Waals surface area contributed by atoms with Crippen molar-refractivity contribution in [3.05, 3.63) is 58.4 Å². The second-order valence-electron chi connectivity index (χ2n) is 6.19. The fourth-order valence-electron chi connectivity index (χ4n) is 3.24. The van der Waals surface area contributed by atoms with E-state index >= 15 is 0 Å². The predicted molar refractivity (Wildman–Crippen MR) is 113 cm³/mol. The van der Waals surface area contributed by atoms with Crippen LogP contribution >= 0.6 is 11.8 Å². The van der Waals surface area contributed by atoms with Gasteiger partial charge in [-0.2, -0.15) is 0 Å². The molecule has 1 heterocycles. The molecule has 0 spiro atoms. The molecule has 0 saturated carbocycles. The first-order valence-electron chi connectivity index (χ1n) is 8.79. The molecular formula is C21H22N2O4S. The van der Waals surface area contributed by atoms with E-state index in [0.29, 0.717) is 28.9 Å². The number of hydrogen-bond donors (Lipinski definition) is 1. The van der Waals surface area contributed by atoms with Crippen LogP contribution in [0.3, 0.4) is 0 Å². The van der Waals surface area contributed by atoms with E-state index in [2.05, 4.69) is 0 Å². The molecule has 3 rings (SSSR count). The monoisotopic (exact) mass is 398 g/mol. The fraction of sp³-hybridized carbons (Fsp3) is 0.238. The van der Waals surface area contributed by atoms with Gasteiger partial charge in [0.15, 0.2) is 0 Å². The van der Waals surface area contributed by atoms with Gasteiger partial charge in [-0.15, -0.1) is 11.8 Å². The van der Waals surface area contributed by atoms with E-state index < -0.39 is 11.5 Å². The van der Waals surface area contributed by atoms with Gasteiger partial charge in [0.05, 0.1) is 18.0 Å². The van der Waals surface area contributed by atoms with E-state index in [4.69, 9.17) is 4.74 Å². The summed E-state index contributed by atoms with van der Waals surface area (Å²) in [6, 6.07) is 12.4. The molecule has 0 aliphatic carbocycles. The van der Waals surface area contributed by atoms with Crippen molar-refractivity contribution in [2.75, 3.05) is 24.8 Å². The van der Waals surface area contributed by atoms with Crippen molar-refractivity contribution in [2.45, 2.75) is 11.8 Å². The van der Waals surface area contributed by atoms with Crippen LogP contribution in [0, 0.1) is 0 Å². The SMILES string of the molecule is CCN(C(=O)c1c(O)c2c(SC)cccc2n(C)c1=O)c1ccc(OC)cc1. The first-order valence-corrected chi connectivity index (χ1v) is 10.0. The molecule has 0 atom stereocenters. The van der Waals surface area contributed by atoms with Crippen LogP contribution in [0.4, 0.5) is 5.69 Å². The lowest BCUT2D eigenvalue weighted by Crippen LogP contribution is -2.36. The van der Waals surface area contributed by atoms with Gasteiger partial charge in [0.1, 0.15) is 17.1 Å². The van der Waals surface area contributed by atoms with Crippen molar-refractivity contribution in [3.8, 4) is 11.5 Å². The average molecular weight is 398 g/mol. The molecule has 3 aromatic rings. The van der Waals surface area contributed by atoms with Gasteiger partial charge in [-0.25, -0.2) is 0 Å². The highest BCUT2D eigenvalue weighted by Gasteiger charge is 2.27. The lowest BCUT2D eigenvalue weighted by Gasteiger charge is -2.22. The maximum Gasteiger partial charge on any atom is 0.267 e. The number of benzene rings is 2. The van der Waals surface area contributed by atoms with Gasteiger partial charge in [0, 0.05) is 24.2 Å². The molecular weight excluding hydrogens is 376 g/mol. The number of methoxy groups -OCH3 is 1. The number of thioether (sulfide) groups is 1. The van der Waals surface area contributed by atoms with Gasteiger partial charge in [-0.3, -0.25) is 9.59 Å². The lowest BCUT2D eigenvalue weighted by molar-refractivity contribution is 0.0984.